The van der Waals surface area contributed by atoms with Crippen LogP contribution in [0, 0.1) is 5.92 Å². The molecule has 0 bridgehead atoms. The Bertz CT molecular complexity index is 435. The molecule has 3 fully saturated rings. The van der Waals surface area contributed by atoms with Crippen molar-refractivity contribution in [3.05, 3.63) is 0 Å². The first-order chi connectivity index (χ1) is 9.96. The molecule has 3 aliphatic rings. The van der Waals surface area contributed by atoms with Gasteiger partial charge in [0, 0.05) is 19.8 Å². The molecule has 118 valence electrons. The van der Waals surface area contributed by atoms with E-state index < -0.39 is 11.1 Å². The summed E-state index contributed by atoms with van der Waals surface area (Å²) < 4.78 is 5.41. The average Bonchev–Trinajstić information content (AvgIpc) is 2.94. The van der Waals surface area contributed by atoms with E-state index in [-0.39, 0.29) is 11.8 Å². The lowest BCUT2D eigenvalue weighted by Gasteiger charge is -2.50. The van der Waals surface area contributed by atoms with Crippen LogP contribution >= 0.6 is 0 Å². The Morgan fingerprint density at radius 2 is 1.81 bits per heavy atom. The van der Waals surface area contributed by atoms with Crippen molar-refractivity contribution in [3.8, 4) is 0 Å². The lowest BCUT2D eigenvalue weighted by atomic mass is 9.84. The largest absolute Gasteiger partial charge is 0.381 e. The third kappa shape index (κ3) is 2.45. The molecule has 2 heterocycles. The molecule has 2 saturated heterocycles. The number of piperazine rings is 1. The van der Waals surface area contributed by atoms with Crippen LogP contribution < -0.4 is 5.32 Å². The Morgan fingerprint density at radius 3 is 2.43 bits per heavy atom. The van der Waals surface area contributed by atoms with Crippen molar-refractivity contribution < 1.29 is 14.3 Å². The van der Waals surface area contributed by atoms with Crippen LogP contribution in [-0.2, 0) is 14.3 Å². The minimum Gasteiger partial charge on any atom is -0.381 e. The molecule has 0 atom stereocenters. The zero-order valence-corrected chi connectivity index (χ0v) is 13.1. The van der Waals surface area contributed by atoms with Crippen LogP contribution in [0.25, 0.3) is 0 Å². The van der Waals surface area contributed by atoms with Crippen LogP contribution in [0.2, 0.25) is 0 Å². The molecule has 5 heteroatoms. The number of carbonyl (C=O) groups excluding carboxylic acids is 2. The lowest BCUT2D eigenvalue weighted by Crippen LogP contribution is -2.74. The number of hydrogen-bond donors (Lipinski definition) is 1. The standard InChI is InChI=1S/C16H26N2O3/c1-15(2)14(20)18(11-12-5-9-21-10-6-12)16(13(19)17-15)7-3-4-8-16/h12H,3-11H2,1-2H3,(H,17,19). The van der Waals surface area contributed by atoms with Crippen molar-refractivity contribution in [1.29, 1.82) is 0 Å². The van der Waals surface area contributed by atoms with E-state index in [2.05, 4.69) is 5.32 Å². The summed E-state index contributed by atoms with van der Waals surface area (Å²) in [7, 11) is 0. The minimum absolute atomic E-state index is 0.0525. The predicted molar refractivity (Wildman–Crippen MR) is 78.7 cm³/mol. The molecule has 0 aromatic heterocycles. The highest BCUT2D eigenvalue weighted by Crippen LogP contribution is 2.40. The topological polar surface area (TPSA) is 58.6 Å². The molecule has 0 unspecified atom stereocenters. The molecule has 2 aliphatic heterocycles. The van der Waals surface area contributed by atoms with E-state index in [0.717, 1.165) is 51.7 Å². The average molecular weight is 294 g/mol. The Balaban J connectivity index is 1.86. The summed E-state index contributed by atoms with van der Waals surface area (Å²) >= 11 is 0. The van der Waals surface area contributed by atoms with Crippen molar-refractivity contribution in [3.63, 3.8) is 0 Å². The predicted octanol–water partition coefficient (Wildman–Crippen LogP) is 1.46. The molecular formula is C16H26N2O3. The zero-order chi connectivity index (χ0) is 15.1. The molecule has 2 amide bonds. The molecule has 0 radical (unpaired) electrons. The Labute approximate surface area is 126 Å². The molecular weight excluding hydrogens is 268 g/mol. The van der Waals surface area contributed by atoms with Gasteiger partial charge in [-0.3, -0.25) is 9.59 Å². The maximum absolute atomic E-state index is 12.9. The highest BCUT2D eigenvalue weighted by atomic mass is 16.5. The second kappa shape index (κ2) is 5.27. The highest BCUT2D eigenvalue weighted by molar-refractivity contribution is 6.02. The van der Waals surface area contributed by atoms with Gasteiger partial charge in [0.25, 0.3) is 0 Å². The molecule has 1 aliphatic carbocycles. The summed E-state index contributed by atoms with van der Waals surface area (Å²) in [4.78, 5) is 27.5. The Morgan fingerprint density at radius 1 is 1.19 bits per heavy atom. The van der Waals surface area contributed by atoms with Crippen molar-refractivity contribution in [1.82, 2.24) is 10.2 Å². The van der Waals surface area contributed by atoms with Gasteiger partial charge in [0.15, 0.2) is 0 Å². The number of hydrogen-bond acceptors (Lipinski definition) is 3. The van der Waals surface area contributed by atoms with Crippen molar-refractivity contribution in [2.24, 2.45) is 5.92 Å². The van der Waals surface area contributed by atoms with Crippen LogP contribution in [-0.4, -0.2) is 47.6 Å². The fraction of sp³-hybridized carbons (Fsp3) is 0.875. The first-order valence-corrected chi connectivity index (χ1v) is 8.18. The van der Waals surface area contributed by atoms with Crippen LogP contribution in [0.15, 0.2) is 0 Å². The van der Waals surface area contributed by atoms with Crippen molar-refractivity contribution in [2.45, 2.75) is 63.5 Å². The van der Waals surface area contributed by atoms with Gasteiger partial charge in [-0.05, 0) is 45.4 Å². The summed E-state index contributed by atoms with van der Waals surface area (Å²) in [5.41, 5.74) is -1.36. The monoisotopic (exact) mass is 294 g/mol. The molecule has 1 spiro atoms. The highest BCUT2D eigenvalue weighted by Gasteiger charge is 2.56. The lowest BCUT2D eigenvalue weighted by molar-refractivity contribution is -0.163. The van der Waals surface area contributed by atoms with Crippen molar-refractivity contribution >= 4 is 11.8 Å². The second-order valence-corrected chi connectivity index (χ2v) is 7.29. The van der Waals surface area contributed by atoms with E-state index in [9.17, 15) is 9.59 Å². The van der Waals surface area contributed by atoms with Gasteiger partial charge in [0.1, 0.15) is 11.1 Å². The van der Waals surface area contributed by atoms with E-state index in [4.69, 9.17) is 4.74 Å². The van der Waals surface area contributed by atoms with Gasteiger partial charge in [-0.2, -0.15) is 0 Å². The molecule has 5 nitrogen and oxygen atoms in total. The third-order valence-electron chi connectivity index (χ3n) is 5.36. The fourth-order valence-electron chi connectivity index (χ4n) is 4.01. The first-order valence-electron chi connectivity index (χ1n) is 8.18. The number of carbonyl (C=O) groups is 2. The van der Waals surface area contributed by atoms with E-state index in [1.54, 1.807) is 0 Å². The normalized spacial score (nSPS) is 29.0. The van der Waals surface area contributed by atoms with E-state index in [0.29, 0.717) is 12.5 Å². The van der Waals surface area contributed by atoms with Gasteiger partial charge in [-0.15, -0.1) is 0 Å². The SMILES string of the molecule is CC1(C)NC(=O)C2(CCCC2)N(CC2CCOCC2)C1=O. The summed E-state index contributed by atoms with van der Waals surface area (Å²) in [5.74, 6) is 0.592. The minimum atomic E-state index is -0.782. The summed E-state index contributed by atoms with van der Waals surface area (Å²) in [5, 5.41) is 2.95. The van der Waals surface area contributed by atoms with Gasteiger partial charge in [-0.25, -0.2) is 0 Å². The van der Waals surface area contributed by atoms with Crippen LogP contribution in [0.5, 0.6) is 0 Å². The van der Waals surface area contributed by atoms with Gasteiger partial charge in [-0.1, -0.05) is 12.8 Å². The van der Waals surface area contributed by atoms with Crippen LogP contribution in [0.3, 0.4) is 0 Å². The van der Waals surface area contributed by atoms with E-state index >= 15 is 0 Å². The van der Waals surface area contributed by atoms with Gasteiger partial charge >= 0.3 is 0 Å². The van der Waals surface area contributed by atoms with E-state index in [1.165, 1.54) is 0 Å². The molecule has 1 N–H and O–H groups in total. The Kier molecular flexibility index (Phi) is 3.72. The summed E-state index contributed by atoms with van der Waals surface area (Å²) in [6, 6.07) is 0. The number of nitrogens with one attached hydrogen (secondary N) is 1. The van der Waals surface area contributed by atoms with Gasteiger partial charge in [0.2, 0.25) is 11.8 Å². The molecule has 1 saturated carbocycles. The zero-order valence-electron chi connectivity index (χ0n) is 13.1. The van der Waals surface area contributed by atoms with Crippen LogP contribution in [0.4, 0.5) is 0 Å². The number of nitrogens with zero attached hydrogens (tertiary/aromatic N) is 1. The Hall–Kier alpha value is -1.10. The number of amides is 2. The first kappa shape index (κ1) is 14.8. The molecule has 3 rings (SSSR count). The number of rotatable bonds is 2. The smallest absolute Gasteiger partial charge is 0.248 e. The number of ether oxygens (including phenoxy) is 1. The molecule has 21 heavy (non-hydrogen) atoms. The second-order valence-electron chi connectivity index (χ2n) is 7.29. The third-order valence-corrected chi connectivity index (χ3v) is 5.36. The molecule has 0 aromatic carbocycles. The quantitative estimate of drug-likeness (QED) is 0.839. The maximum atomic E-state index is 12.9. The molecule has 0 aromatic rings. The fourth-order valence-corrected chi connectivity index (χ4v) is 4.01. The summed E-state index contributed by atoms with van der Waals surface area (Å²) in [6.45, 7) is 5.88. The van der Waals surface area contributed by atoms with Crippen molar-refractivity contribution in [2.75, 3.05) is 19.8 Å². The van der Waals surface area contributed by atoms with Gasteiger partial charge in [0.05, 0.1) is 0 Å². The maximum Gasteiger partial charge on any atom is 0.248 e. The van der Waals surface area contributed by atoms with E-state index in [1.807, 2.05) is 18.7 Å². The summed E-state index contributed by atoms with van der Waals surface area (Å²) in [6.07, 6.45) is 5.66. The van der Waals surface area contributed by atoms with Gasteiger partial charge < -0.3 is 15.0 Å². The van der Waals surface area contributed by atoms with Crippen LogP contribution in [0.1, 0.15) is 52.4 Å².